The normalized spacial score (nSPS) is 21.6. The average Bonchev–Trinajstić information content (AvgIpc) is 3.16. The molecule has 0 spiro atoms. The molecule has 1 saturated carbocycles. The molecule has 2 aliphatic rings. The highest BCUT2D eigenvalue weighted by molar-refractivity contribution is 7.17. The van der Waals surface area contributed by atoms with E-state index >= 15 is 0 Å². The summed E-state index contributed by atoms with van der Waals surface area (Å²) in [6, 6.07) is 3.58. The maximum atomic E-state index is 12.5. The molecule has 1 saturated heterocycles. The molecule has 0 unspecified atom stereocenters. The van der Waals surface area contributed by atoms with Crippen molar-refractivity contribution in [2.24, 2.45) is 5.92 Å². The van der Waals surface area contributed by atoms with Crippen molar-refractivity contribution in [1.82, 2.24) is 15.0 Å². The number of hydrogen-bond donors (Lipinski definition) is 0. The molecule has 2 aromatic rings. The Morgan fingerprint density at radius 3 is 3.00 bits per heavy atom. The van der Waals surface area contributed by atoms with E-state index in [0.717, 1.165) is 38.2 Å². The molecular weight excluding hydrogens is 334 g/mol. The van der Waals surface area contributed by atoms with Gasteiger partial charge in [0.15, 0.2) is 5.82 Å². The molecule has 1 aliphatic heterocycles. The lowest BCUT2D eigenvalue weighted by atomic mass is 9.94. The predicted octanol–water partition coefficient (Wildman–Crippen LogP) is 3.76. The number of carbonyl (C=O) groups excluding carboxylic acids is 1. The standard InChI is InChI=1S/C16H18ClN3O2S/c17-13-6-5-12(23-13)16(21)20-7-1-2-10(9-20)8-14-18-15(19-22-14)11-3-4-11/h5-6,10-11H,1-4,7-9H2/t10-/m1/s1. The van der Waals surface area contributed by atoms with Gasteiger partial charge in [0, 0.05) is 25.4 Å². The quantitative estimate of drug-likeness (QED) is 0.841. The molecule has 0 radical (unpaired) electrons. The van der Waals surface area contributed by atoms with Crippen molar-refractivity contribution in [3.8, 4) is 0 Å². The lowest BCUT2D eigenvalue weighted by Gasteiger charge is -2.31. The molecular formula is C16H18ClN3O2S. The van der Waals surface area contributed by atoms with Crippen LogP contribution in [0.15, 0.2) is 16.7 Å². The van der Waals surface area contributed by atoms with Crippen molar-refractivity contribution in [2.75, 3.05) is 13.1 Å². The first-order valence-electron chi connectivity index (χ1n) is 8.06. The maximum absolute atomic E-state index is 12.5. The minimum Gasteiger partial charge on any atom is -0.339 e. The van der Waals surface area contributed by atoms with Gasteiger partial charge in [-0.25, -0.2) is 0 Å². The summed E-state index contributed by atoms with van der Waals surface area (Å²) >= 11 is 7.27. The molecule has 0 aromatic carbocycles. The number of rotatable bonds is 4. The van der Waals surface area contributed by atoms with Crippen molar-refractivity contribution in [3.05, 3.63) is 33.1 Å². The number of halogens is 1. The van der Waals surface area contributed by atoms with Crippen LogP contribution in [0.2, 0.25) is 4.34 Å². The van der Waals surface area contributed by atoms with E-state index in [1.807, 2.05) is 4.90 Å². The van der Waals surface area contributed by atoms with Gasteiger partial charge in [-0.15, -0.1) is 11.3 Å². The summed E-state index contributed by atoms with van der Waals surface area (Å²) in [7, 11) is 0. The third-order valence-electron chi connectivity index (χ3n) is 4.48. The number of carbonyl (C=O) groups is 1. The van der Waals surface area contributed by atoms with Crippen LogP contribution in [0.1, 0.15) is 53.0 Å². The number of piperidine rings is 1. The van der Waals surface area contributed by atoms with Crippen LogP contribution in [0.25, 0.3) is 0 Å². The van der Waals surface area contributed by atoms with Crippen LogP contribution in [-0.2, 0) is 6.42 Å². The molecule has 0 N–H and O–H groups in total. The van der Waals surface area contributed by atoms with Crippen LogP contribution in [0.4, 0.5) is 0 Å². The Morgan fingerprint density at radius 1 is 1.39 bits per heavy atom. The molecule has 1 aliphatic carbocycles. The smallest absolute Gasteiger partial charge is 0.263 e. The van der Waals surface area contributed by atoms with E-state index in [0.29, 0.717) is 26.9 Å². The van der Waals surface area contributed by atoms with E-state index < -0.39 is 0 Å². The fraction of sp³-hybridized carbons (Fsp3) is 0.562. The monoisotopic (exact) mass is 351 g/mol. The first-order valence-corrected chi connectivity index (χ1v) is 9.25. The van der Waals surface area contributed by atoms with Crippen molar-refractivity contribution < 1.29 is 9.32 Å². The van der Waals surface area contributed by atoms with Gasteiger partial charge in [-0.3, -0.25) is 4.79 Å². The second-order valence-corrected chi connectivity index (χ2v) is 8.10. The molecule has 1 atom stereocenters. The van der Waals surface area contributed by atoms with Gasteiger partial charge in [-0.05, 0) is 43.7 Å². The Hall–Kier alpha value is -1.40. The molecule has 4 rings (SSSR count). The lowest BCUT2D eigenvalue weighted by Crippen LogP contribution is -2.40. The van der Waals surface area contributed by atoms with Crippen LogP contribution < -0.4 is 0 Å². The highest BCUT2D eigenvalue weighted by atomic mass is 35.5. The van der Waals surface area contributed by atoms with Crippen molar-refractivity contribution in [2.45, 2.75) is 38.0 Å². The molecule has 1 amide bonds. The number of amides is 1. The summed E-state index contributed by atoms with van der Waals surface area (Å²) in [5.41, 5.74) is 0. The topological polar surface area (TPSA) is 59.2 Å². The number of likely N-dealkylation sites (tertiary alicyclic amines) is 1. The van der Waals surface area contributed by atoms with Gasteiger partial charge >= 0.3 is 0 Å². The van der Waals surface area contributed by atoms with E-state index in [2.05, 4.69) is 10.1 Å². The van der Waals surface area contributed by atoms with Crippen molar-refractivity contribution in [3.63, 3.8) is 0 Å². The number of thiophene rings is 1. The minimum atomic E-state index is 0.0794. The summed E-state index contributed by atoms with van der Waals surface area (Å²) in [5, 5.41) is 4.07. The van der Waals surface area contributed by atoms with E-state index in [4.69, 9.17) is 16.1 Å². The third kappa shape index (κ3) is 3.43. The average molecular weight is 352 g/mol. The van der Waals surface area contributed by atoms with Crippen molar-refractivity contribution >= 4 is 28.8 Å². The van der Waals surface area contributed by atoms with Gasteiger partial charge < -0.3 is 9.42 Å². The van der Waals surface area contributed by atoms with E-state index in [1.54, 1.807) is 12.1 Å². The maximum Gasteiger partial charge on any atom is 0.263 e. The third-order valence-corrected chi connectivity index (χ3v) is 5.70. The van der Waals surface area contributed by atoms with Gasteiger partial charge in [-0.1, -0.05) is 16.8 Å². The van der Waals surface area contributed by atoms with Crippen LogP contribution >= 0.6 is 22.9 Å². The second kappa shape index (κ2) is 6.24. The zero-order valence-corrected chi connectivity index (χ0v) is 14.3. The van der Waals surface area contributed by atoms with Crippen LogP contribution in [0, 0.1) is 5.92 Å². The molecule has 2 aromatic heterocycles. The molecule has 2 fully saturated rings. The van der Waals surface area contributed by atoms with Gasteiger partial charge in [0.05, 0.1) is 9.21 Å². The summed E-state index contributed by atoms with van der Waals surface area (Å²) in [6.07, 6.45) is 5.21. The van der Waals surface area contributed by atoms with Gasteiger partial charge in [0.2, 0.25) is 5.89 Å². The second-order valence-electron chi connectivity index (χ2n) is 6.39. The molecule has 0 bridgehead atoms. The highest BCUT2D eigenvalue weighted by Crippen LogP contribution is 2.38. The molecule has 7 heteroatoms. The minimum absolute atomic E-state index is 0.0794. The number of hydrogen-bond acceptors (Lipinski definition) is 5. The zero-order chi connectivity index (χ0) is 15.8. The van der Waals surface area contributed by atoms with Gasteiger partial charge in [0.25, 0.3) is 5.91 Å². The fourth-order valence-corrected chi connectivity index (χ4v) is 4.12. The Kier molecular flexibility index (Phi) is 4.11. The van der Waals surface area contributed by atoms with Crippen LogP contribution in [-0.4, -0.2) is 34.0 Å². The van der Waals surface area contributed by atoms with Crippen molar-refractivity contribution in [1.29, 1.82) is 0 Å². The van der Waals surface area contributed by atoms with E-state index in [1.165, 1.54) is 24.2 Å². The lowest BCUT2D eigenvalue weighted by molar-refractivity contribution is 0.0673. The van der Waals surface area contributed by atoms with E-state index in [-0.39, 0.29) is 5.91 Å². The van der Waals surface area contributed by atoms with Gasteiger partial charge in [-0.2, -0.15) is 4.98 Å². The highest BCUT2D eigenvalue weighted by Gasteiger charge is 2.30. The van der Waals surface area contributed by atoms with Crippen LogP contribution in [0.5, 0.6) is 0 Å². The summed E-state index contributed by atoms with van der Waals surface area (Å²) in [4.78, 5) is 19.7. The molecule has 3 heterocycles. The van der Waals surface area contributed by atoms with E-state index in [9.17, 15) is 4.79 Å². The largest absolute Gasteiger partial charge is 0.339 e. The SMILES string of the molecule is O=C(c1ccc(Cl)s1)N1CCC[C@H](Cc2nc(C3CC3)no2)C1. The molecule has 5 nitrogen and oxygen atoms in total. The Morgan fingerprint density at radius 2 is 2.26 bits per heavy atom. The molecule has 122 valence electrons. The Labute approximate surface area is 143 Å². The summed E-state index contributed by atoms with van der Waals surface area (Å²) in [5.74, 6) is 2.55. The summed E-state index contributed by atoms with van der Waals surface area (Å²) in [6.45, 7) is 1.55. The summed E-state index contributed by atoms with van der Waals surface area (Å²) < 4.78 is 6.03. The molecule has 23 heavy (non-hydrogen) atoms. The predicted molar refractivity (Wildman–Crippen MR) is 87.9 cm³/mol. The zero-order valence-electron chi connectivity index (χ0n) is 12.7. The Bertz CT molecular complexity index is 710. The first kappa shape index (κ1) is 15.1. The van der Waals surface area contributed by atoms with Gasteiger partial charge in [0.1, 0.15) is 0 Å². The van der Waals surface area contributed by atoms with Crippen LogP contribution in [0.3, 0.4) is 0 Å². The fourth-order valence-electron chi connectivity index (χ4n) is 3.11. The Balaban J connectivity index is 1.39. The number of nitrogens with zero attached hydrogens (tertiary/aromatic N) is 3. The first-order chi connectivity index (χ1) is 11.2. The number of aromatic nitrogens is 2.